The number of nitriles is 1. The number of primary amides is 1. The molecule has 0 unspecified atom stereocenters. The third kappa shape index (κ3) is 3.22. The predicted octanol–water partition coefficient (Wildman–Crippen LogP) is 0.944. The van der Waals surface area contributed by atoms with Gasteiger partial charge in [-0.2, -0.15) is 5.26 Å². The largest absolute Gasteiger partial charge is 0.369 e. The fraction of sp³-hybridized carbons (Fsp3) is 0.308. The van der Waals surface area contributed by atoms with E-state index < -0.39 is 0 Å². The van der Waals surface area contributed by atoms with Gasteiger partial charge in [-0.1, -0.05) is 6.07 Å². The first-order valence-corrected chi connectivity index (χ1v) is 5.95. The average molecular weight is 258 g/mol. The highest BCUT2D eigenvalue weighted by Gasteiger charge is 2.33. The average Bonchev–Trinajstić information content (AvgIpc) is 2.33. The van der Waals surface area contributed by atoms with Gasteiger partial charge in [0.15, 0.2) is 0 Å². The Morgan fingerprint density at radius 2 is 2.11 bits per heavy atom. The summed E-state index contributed by atoms with van der Waals surface area (Å²) in [5, 5.41) is 14.1. The normalized spacial score (nSPS) is 20.8. The number of hydrogen-bond acceptors (Lipinski definition) is 3. The third-order valence-corrected chi connectivity index (χ3v) is 3.13. The van der Waals surface area contributed by atoms with E-state index in [0.29, 0.717) is 24.1 Å². The number of carbonyl (C=O) groups excluding carboxylic acids is 2. The number of anilines is 1. The highest BCUT2D eigenvalue weighted by atomic mass is 16.2. The number of amides is 3. The first-order chi connectivity index (χ1) is 9.08. The van der Waals surface area contributed by atoms with Gasteiger partial charge >= 0.3 is 6.03 Å². The van der Waals surface area contributed by atoms with E-state index in [9.17, 15) is 9.59 Å². The number of nitrogens with two attached hydrogens (primary N) is 1. The van der Waals surface area contributed by atoms with Crippen molar-refractivity contribution in [2.24, 2.45) is 11.7 Å². The minimum Gasteiger partial charge on any atom is -0.369 e. The summed E-state index contributed by atoms with van der Waals surface area (Å²) < 4.78 is 0. The Kier molecular flexibility index (Phi) is 3.66. The van der Waals surface area contributed by atoms with E-state index in [0.717, 1.165) is 0 Å². The summed E-state index contributed by atoms with van der Waals surface area (Å²) in [6, 6.07) is 8.28. The molecule has 1 aliphatic carbocycles. The molecule has 1 aliphatic rings. The Hall–Kier alpha value is -2.55. The van der Waals surface area contributed by atoms with Gasteiger partial charge in [0.1, 0.15) is 0 Å². The summed E-state index contributed by atoms with van der Waals surface area (Å²) in [6.45, 7) is 0. The monoisotopic (exact) mass is 258 g/mol. The molecule has 4 N–H and O–H groups in total. The minimum absolute atomic E-state index is 0.0170. The zero-order valence-corrected chi connectivity index (χ0v) is 10.2. The summed E-state index contributed by atoms with van der Waals surface area (Å²) in [6.07, 6.45) is 1.17. The van der Waals surface area contributed by atoms with E-state index in [1.54, 1.807) is 24.3 Å². The molecule has 0 spiro atoms. The Bertz CT molecular complexity index is 544. The van der Waals surface area contributed by atoms with Crippen LogP contribution in [0.2, 0.25) is 0 Å². The van der Waals surface area contributed by atoms with Crippen LogP contribution in [-0.2, 0) is 4.79 Å². The van der Waals surface area contributed by atoms with Crippen molar-refractivity contribution in [1.29, 1.82) is 5.26 Å². The molecule has 0 radical (unpaired) electrons. The Morgan fingerprint density at radius 3 is 2.74 bits per heavy atom. The molecule has 19 heavy (non-hydrogen) atoms. The first-order valence-electron chi connectivity index (χ1n) is 5.95. The van der Waals surface area contributed by atoms with Crippen LogP contribution in [0.5, 0.6) is 0 Å². The Balaban J connectivity index is 1.82. The first kappa shape index (κ1) is 12.9. The zero-order valence-electron chi connectivity index (χ0n) is 10.2. The van der Waals surface area contributed by atoms with Crippen LogP contribution in [0.15, 0.2) is 24.3 Å². The van der Waals surface area contributed by atoms with Gasteiger partial charge in [0.2, 0.25) is 5.91 Å². The van der Waals surface area contributed by atoms with Crippen molar-refractivity contribution in [2.45, 2.75) is 18.9 Å². The number of rotatable bonds is 3. The standard InChI is InChI=1S/C13H14N4O2/c14-7-8-2-1-3-10(4-8)16-13(19)17-11-5-9(6-11)12(15)18/h1-4,9,11H,5-6H2,(H2,15,18)(H2,16,17,19). The van der Waals surface area contributed by atoms with E-state index >= 15 is 0 Å². The van der Waals surface area contributed by atoms with Crippen molar-refractivity contribution in [3.63, 3.8) is 0 Å². The molecule has 0 atom stereocenters. The molecule has 3 amide bonds. The van der Waals surface area contributed by atoms with Crippen molar-refractivity contribution >= 4 is 17.6 Å². The molecule has 0 heterocycles. The molecule has 0 saturated heterocycles. The lowest BCUT2D eigenvalue weighted by atomic mass is 9.80. The summed E-state index contributed by atoms with van der Waals surface area (Å²) in [5.41, 5.74) is 6.19. The van der Waals surface area contributed by atoms with Gasteiger partial charge in [0, 0.05) is 17.6 Å². The lowest BCUT2D eigenvalue weighted by Gasteiger charge is -2.33. The zero-order chi connectivity index (χ0) is 13.8. The van der Waals surface area contributed by atoms with Crippen LogP contribution >= 0.6 is 0 Å². The molecular formula is C13H14N4O2. The van der Waals surface area contributed by atoms with Gasteiger partial charge in [-0.3, -0.25) is 4.79 Å². The number of nitrogens with one attached hydrogen (secondary N) is 2. The maximum Gasteiger partial charge on any atom is 0.319 e. The Morgan fingerprint density at radius 1 is 1.37 bits per heavy atom. The lowest BCUT2D eigenvalue weighted by molar-refractivity contribution is -0.124. The minimum atomic E-state index is -0.344. The van der Waals surface area contributed by atoms with Crippen LogP contribution in [0, 0.1) is 17.2 Å². The molecule has 1 aromatic carbocycles. The van der Waals surface area contributed by atoms with Crippen molar-refractivity contribution < 1.29 is 9.59 Å². The predicted molar refractivity (Wildman–Crippen MR) is 69.0 cm³/mol. The second-order valence-electron chi connectivity index (χ2n) is 4.56. The van der Waals surface area contributed by atoms with Crippen molar-refractivity contribution in [3.8, 4) is 6.07 Å². The van der Waals surface area contributed by atoms with Crippen LogP contribution in [0.1, 0.15) is 18.4 Å². The second-order valence-corrected chi connectivity index (χ2v) is 4.56. The fourth-order valence-corrected chi connectivity index (χ4v) is 1.99. The molecule has 0 aliphatic heterocycles. The van der Waals surface area contributed by atoms with Crippen LogP contribution in [0.3, 0.4) is 0 Å². The second kappa shape index (κ2) is 5.40. The van der Waals surface area contributed by atoms with Crippen LogP contribution in [0.25, 0.3) is 0 Å². The highest BCUT2D eigenvalue weighted by molar-refractivity contribution is 5.90. The quantitative estimate of drug-likeness (QED) is 0.750. The van der Waals surface area contributed by atoms with E-state index in [1.807, 2.05) is 6.07 Å². The van der Waals surface area contributed by atoms with Crippen molar-refractivity contribution in [1.82, 2.24) is 5.32 Å². The van der Waals surface area contributed by atoms with Gasteiger partial charge in [-0.25, -0.2) is 4.79 Å². The number of carbonyl (C=O) groups is 2. The number of urea groups is 1. The molecular weight excluding hydrogens is 244 g/mol. The van der Waals surface area contributed by atoms with Gasteiger partial charge in [-0.05, 0) is 31.0 Å². The van der Waals surface area contributed by atoms with Gasteiger partial charge in [0.25, 0.3) is 0 Å². The van der Waals surface area contributed by atoms with Crippen molar-refractivity contribution in [2.75, 3.05) is 5.32 Å². The number of benzene rings is 1. The molecule has 0 aromatic heterocycles. The maximum absolute atomic E-state index is 11.7. The molecule has 2 rings (SSSR count). The summed E-state index contributed by atoms with van der Waals surface area (Å²) in [7, 11) is 0. The molecule has 0 bridgehead atoms. The van der Waals surface area contributed by atoms with Gasteiger partial charge < -0.3 is 16.4 Å². The molecule has 6 heteroatoms. The van der Waals surface area contributed by atoms with E-state index in [1.165, 1.54) is 0 Å². The third-order valence-electron chi connectivity index (χ3n) is 3.13. The number of hydrogen-bond donors (Lipinski definition) is 3. The summed E-state index contributed by atoms with van der Waals surface area (Å²) in [5.74, 6) is -0.451. The van der Waals surface area contributed by atoms with E-state index in [4.69, 9.17) is 11.0 Å². The maximum atomic E-state index is 11.7. The summed E-state index contributed by atoms with van der Waals surface area (Å²) >= 11 is 0. The Labute approximate surface area is 110 Å². The molecule has 6 nitrogen and oxygen atoms in total. The fourth-order valence-electron chi connectivity index (χ4n) is 1.99. The van der Waals surface area contributed by atoms with Gasteiger partial charge in [-0.15, -0.1) is 0 Å². The molecule has 98 valence electrons. The smallest absolute Gasteiger partial charge is 0.319 e. The molecule has 1 aromatic rings. The molecule has 1 saturated carbocycles. The van der Waals surface area contributed by atoms with E-state index in [2.05, 4.69) is 10.6 Å². The van der Waals surface area contributed by atoms with Crippen LogP contribution in [-0.4, -0.2) is 18.0 Å². The summed E-state index contributed by atoms with van der Waals surface area (Å²) in [4.78, 5) is 22.5. The van der Waals surface area contributed by atoms with Crippen LogP contribution < -0.4 is 16.4 Å². The van der Waals surface area contributed by atoms with Crippen molar-refractivity contribution in [3.05, 3.63) is 29.8 Å². The number of nitrogens with zero attached hydrogens (tertiary/aromatic N) is 1. The van der Waals surface area contributed by atoms with Gasteiger partial charge in [0.05, 0.1) is 11.6 Å². The van der Waals surface area contributed by atoms with E-state index in [-0.39, 0.29) is 23.9 Å². The molecule has 1 fully saturated rings. The lowest BCUT2D eigenvalue weighted by Crippen LogP contribution is -2.49. The van der Waals surface area contributed by atoms with Crippen LogP contribution in [0.4, 0.5) is 10.5 Å². The highest BCUT2D eigenvalue weighted by Crippen LogP contribution is 2.26. The SMILES string of the molecule is N#Cc1cccc(NC(=O)NC2CC(C(N)=O)C2)c1. The topological polar surface area (TPSA) is 108 Å².